The zero-order valence-electron chi connectivity index (χ0n) is 15.7. The maximum absolute atomic E-state index is 13.7. The third-order valence-corrected chi connectivity index (χ3v) is 6.37. The average Bonchev–Trinajstić information content (AvgIpc) is 3.15. The van der Waals surface area contributed by atoms with Crippen LogP contribution in [0.25, 0.3) is 5.65 Å². The van der Waals surface area contributed by atoms with E-state index in [2.05, 4.69) is 10.2 Å². The van der Waals surface area contributed by atoms with E-state index in [0.29, 0.717) is 29.1 Å². The van der Waals surface area contributed by atoms with Crippen molar-refractivity contribution in [2.24, 2.45) is 0 Å². The predicted octanol–water partition coefficient (Wildman–Crippen LogP) is 3.83. The summed E-state index contributed by atoms with van der Waals surface area (Å²) in [5.41, 5.74) is 1.63. The molecule has 0 fully saturated rings. The quantitative estimate of drug-likeness (QED) is 0.485. The fourth-order valence-corrected chi connectivity index (χ4v) is 4.60. The Labute approximate surface area is 168 Å². The molecule has 0 N–H and O–H groups in total. The van der Waals surface area contributed by atoms with Crippen LogP contribution in [-0.2, 0) is 23.0 Å². The van der Waals surface area contributed by atoms with Crippen LogP contribution < -0.4 is 4.31 Å². The molecule has 0 aliphatic rings. The average molecular weight is 410 g/mol. The van der Waals surface area contributed by atoms with Crippen LogP contribution in [0.2, 0.25) is 0 Å². The van der Waals surface area contributed by atoms with Crippen LogP contribution in [0.15, 0.2) is 77.8 Å². The molecule has 2 heterocycles. The van der Waals surface area contributed by atoms with E-state index in [0.717, 1.165) is 0 Å². The van der Waals surface area contributed by atoms with Crippen molar-refractivity contribution in [2.75, 3.05) is 4.31 Å². The molecule has 0 radical (unpaired) electrons. The predicted molar refractivity (Wildman–Crippen MR) is 109 cm³/mol. The molecule has 8 heteroatoms. The maximum atomic E-state index is 13.7. The Morgan fingerprint density at radius 2 is 1.79 bits per heavy atom. The lowest BCUT2D eigenvalue weighted by atomic mass is 10.2. The molecule has 0 amide bonds. The molecule has 0 aliphatic carbocycles. The third-order valence-electron chi connectivity index (χ3n) is 4.61. The Balaban J connectivity index is 1.82. The van der Waals surface area contributed by atoms with Gasteiger partial charge in [-0.2, -0.15) is 0 Å². The van der Waals surface area contributed by atoms with Crippen LogP contribution in [0.4, 0.5) is 10.1 Å². The highest BCUT2D eigenvalue weighted by atomic mass is 32.2. The molecule has 0 unspecified atom stereocenters. The van der Waals surface area contributed by atoms with E-state index in [4.69, 9.17) is 0 Å². The van der Waals surface area contributed by atoms with Gasteiger partial charge in [-0.1, -0.05) is 37.3 Å². The molecular formula is C21H19FN4O2S. The molecule has 0 spiro atoms. The Kier molecular flexibility index (Phi) is 5.02. The van der Waals surface area contributed by atoms with E-state index in [1.165, 1.54) is 28.7 Å². The molecule has 0 saturated carbocycles. The number of fused-ring (bicyclic) bond motifs is 1. The van der Waals surface area contributed by atoms with Crippen molar-refractivity contribution < 1.29 is 12.8 Å². The van der Waals surface area contributed by atoms with E-state index in [1.54, 1.807) is 46.9 Å². The lowest BCUT2D eigenvalue weighted by Gasteiger charge is -2.25. The number of anilines is 1. The summed E-state index contributed by atoms with van der Waals surface area (Å²) in [4.78, 5) is 0.111. The minimum atomic E-state index is -3.93. The van der Waals surface area contributed by atoms with Gasteiger partial charge in [-0.3, -0.25) is 8.71 Å². The molecule has 2 aromatic carbocycles. The molecule has 0 aliphatic heterocycles. The lowest BCUT2D eigenvalue weighted by Crippen LogP contribution is -2.30. The molecule has 29 heavy (non-hydrogen) atoms. The van der Waals surface area contributed by atoms with Gasteiger partial charge in [0.1, 0.15) is 16.5 Å². The van der Waals surface area contributed by atoms with Gasteiger partial charge in [0.05, 0.1) is 12.2 Å². The number of benzene rings is 2. The minimum absolute atomic E-state index is 0.00492. The highest BCUT2D eigenvalue weighted by Gasteiger charge is 2.26. The number of hydrogen-bond donors (Lipinski definition) is 0. The van der Waals surface area contributed by atoms with E-state index < -0.39 is 15.8 Å². The van der Waals surface area contributed by atoms with E-state index in [1.807, 2.05) is 13.0 Å². The number of aryl methyl sites for hydroxylation is 1. The fourth-order valence-electron chi connectivity index (χ4n) is 3.15. The standard InChI is InChI=1S/C21H19FN4O2S/c1-2-20-23-24-21-12-11-19(15-25(20)21)29(27,28)26(18-9-4-3-5-10-18)14-16-7-6-8-17(22)13-16/h3-13,15H,2,14H2,1H3. The summed E-state index contributed by atoms with van der Waals surface area (Å²) < 4.78 is 43.8. The van der Waals surface area contributed by atoms with Gasteiger partial charge in [0.15, 0.2) is 5.65 Å². The zero-order chi connectivity index (χ0) is 20.4. The Bertz CT molecular complexity index is 1260. The molecule has 0 saturated heterocycles. The summed E-state index contributed by atoms with van der Waals surface area (Å²) in [5.74, 6) is 0.264. The van der Waals surface area contributed by atoms with Gasteiger partial charge in [0, 0.05) is 12.6 Å². The number of para-hydroxylation sites is 1. The first-order valence-corrected chi connectivity index (χ1v) is 10.6. The van der Waals surface area contributed by atoms with Gasteiger partial charge in [-0.05, 0) is 42.0 Å². The van der Waals surface area contributed by atoms with Crippen molar-refractivity contribution in [3.8, 4) is 0 Å². The van der Waals surface area contributed by atoms with E-state index in [9.17, 15) is 12.8 Å². The number of halogens is 1. The number of sulfonamides is 1. The van der Waals surface area contributed by atoms with Gasteiger partial charge in [-0.15, -0.1) is 10.2 Å². The van der Waals surface area contributed by atoms with Gasteiger partial charge in [0.25, 0.3) is 10.0 Å². The van der Waals surface area contributed by atoms with Crippen LogP contribution in [0, 0.1) is 5.82 Å². The molecule has 6 nitrogen and oxygen atoms in total. The summed E-state index contributed by atoms with van der Waals surface area (Å²) in [7, 11) is -3.93. The van der Waals surface area contributed by atoms with E-state index in [-0.39, 0.29) is 11.4 Å². The summed E-state index contributed by atoms with van der Waals surface area (Å²) >= 11 is 0. The second-order valence-corrected chi connectivity index (χ2v) is 8.40. The SMILES string of the molecule is CCc1nnc2ccc(S(=O)(=O)N(Cc3cccc(F)c3)c3ccccc3)cn12. The minimum Gasteiger partial charge on any atom is -0.285 e. The molecular weight excluding hydrogens is 391 g/mol. The first-order chi connectivity index (χ1) is 14.0. The molecule has 4 aromatic rings. The Hall–Kier alpha value is -3.26. The molecule has 0 atom stereocenters. The number of pyridine rings is 1. The highest BCUT2D eigenvalue weighted by Crippen LogP contribution is 2.26. The molecule has 4 rings (SSSR count). The van der Waals surface area contributed by atoms with Gasteiger partial charge >= 0.3 is 0 Å². The lowest BCUT2D eigenvalue weighted by molar-refractivity contribution is 0.589. The molecule has 0 bridgehead atoms. The van der Waals surface area contributed by atoms with Gasteiger partial charge < -0.3 is 0 Å². The van der Waals surface area contributed by atoms with Gasteiger partial charge in [-0.25, -0.2) is 12.8 Å². The summed E-state index contributed by atoms with van der Waals surface area (Å²) in [5, 5.41) is 8.14. The zero-order valence-corrected chi connectivity index (χ0v) is 16.6. The van der Waals surface area contributed by atoms with Crippen molar-refractivity contribution in [1.29, 1.82) is 0 Å². The number of hydrogen-bond acceptors (Lipinski definition) is 4. The van der Waals surface area contributed by atoms with Crippen molar-refractivity contribution in [3.63, 3.8) is 0 Å². The normalized spacial score (nSPS) is 11.7. The maximum Gasteiger partial charge on any atom is 0.266 e. The van der Waals surface area contributed by atoms with Crippen molar-refractivity contribution >= 4 is 21.4 Å². The van der Waals surface area contributed by atoms with Crippen molar-refractivity contribution in [1.82, 2.24) is 14.6 Å². The number of nitrogens with zero attached hydrogens (tertiary/aromatic N) is 4. The smallest absolute Gasteiger partial charge is 0.266 e. The number of aromatic nitrogens is 3. The topological polar surface area (TPSA) is 67.6 Å². The van der Waals surface area contributed by atoms with Gasteiger partial charge in [0.2, 0.25) is 0 Å². The summed E-state index contributed by atoms with van der Waals surface area (Å²) in [6, 6.07) is 17.9. The van der Waals surface area contributed by atoms with Crippen LogP contribution in [-0.4, -0.2) is 23.0 Å². The first-order valence-electron chi connectivity index (χ1n) is 9.15. The second-order valence-electron chi connectivity index (χ2n) is 6.54. The highest BCUT2D eigenvalue weighted by molar-refractivity contribution is 7.92. The van der Waals surface area contributed by atoms with Crippen molar-refractivity contribution in [3.05, 3.63) is 90.1 Å². The number of rotatable bonds is 6. The van der Waals surface area contributed by atoms with Crippen LogP contribution in [0.3, 0.4) is 0 Å². The third kappa shape index (κ3) is 3.71. The van der Waals surface area contributed by atoms with Crippen LogP contribution in [0.1, 0.15) is 18.3 Å². The molecule has 2 aromatic heterocycles. The second kappa shape index (κ2) is 7.63. The van der Waals surface area contributed by atoms with Crippen LogP contribution >= 0.6 is 0 Å². The fraction of sp³-hybridized carbons (Fsp3) is 0.143. The largest absolute Gasteiger partial charge is 0.285 e. The summed E-state index contributed by atoms with van der Waals surface area (Å²) in [6.45, 7) is 1.93. The monoisotopic (exact) mass is 410 g/mol. The Morgan fingerprint density at radius 1 is 1.00 bits per heavy atom. The first kappa shape index (κ1) is 19.1. The van der Waals surface area contributed by atoms with Crippen LogP contribution in [0.5, 0.6) is 0 Å². The summed E-state index contributed by atoms with van der Waals surface area (Å²) in [6.07, 6.45) is 2.15. The van der Waals surface area contributed by atoms with Crippen molar-refractivity contribution in [2.45, 2.75) is 24.8 Å². The Morgan fingerprint density at radius 3 is 2.52 bits per heavy atom. The molecule has 148 valence electrons. The van der Waals surface area contributed by atoms with E-state index >= 15 is 0 Å².